The lowest BCUT2D eigenvalue weighted by molar-refractivity contribution is 1.60. The number of hydrogen-bond donors (Lipinski definition) is 0. The second kappa shape index (κ2) is 9.60. The number of hydrogen-bond acceptors (Lipinski definition) is 2. The summed E-state index contributed by atoms with van der Waals surface area (Å²) < 4.78 is 5.49. The smallest absolute Gasteiger partial charge is 0.0542 e. The van der Waals surface area contributed by atoms with E-state index in [0.717, 1.165) is 0 Å². The average molecular weight is 545 g/mol. The van der Waals surface area contributed by atoms with Crippen LogP contribution in [0.3, 0.4) is 0 Å². The zero-order valence-electron chi connectivity index (χ0n) is 21.7. The molecule has 2 heteroatoms. The summed E-state index contributed by atoms with van der Waals surface area (Å²) in [7, 11) is 0. The molecular weight excluding hydrogens is 521 g/mol. The van der Waals surface area contributed by atoms with Crippen molar-refractivity contribution < 1.29 is 0 Å². The summed E-state index contributed by atoms with van der Waals surface area (Å²) in [4.78, 5) is 0. The molecule has 2 aromatic heterocycles. The largest absolute Gasteiger partial charge is 0.134 e. The van der Waals surface area contributed by atoms with Gasteiger partial charge in [-0.05, 0) is 56.6 Å². The van der Waals surface area contributed by atoms with Crippen LogP contribution in [-0.2, 0) is 0 Å². The minimum absolute atomic E-state index is 1.25. The fraction of sp³-hybridized carbons (Fsp3) is 0. The number of rotatable bonds is 4. The molecule has 0 aliphatic rings. The third-order valence-electron chi connectivity index (χ3n) is 7.73. The van der Waals surface area contributed by atoms with Gasteiger partial charge in [-0.25, -0.2) is 0 Å². The molecule has 0 radical (unpaired) electrons. The Labute approximate surface area is 241 Å². The molecule has 0 saturated carbocycles. The highest BCUT2D eigenvalue weighted by Gasteiger charge is 2.16. The van der Waals surface area contributed by atoms with E-state index < -0.39 is 0 Å². The minimum Gasteiger partial charge on any atom is -0.134 e. The number of thiophene rings is 2. The van der Waals surface area contributed by atoms with Gasteiger partial charge in [0.1, 0.15) is 0 Å². The van der Waals surface area contributed by atoms with Gasteiger partial charge in [-0.3, -0.25) is 0 Å². The molecule has 0 amide bonds. The quantitative estimate of drug-likeness (QED) is 0.207. The normalized spacial score (nSPS) is 11.5. The Bertz CT molecular complexity index is 1990. The first-order chi connectivity index (χ1) is 19.8. The summed E-state index contributed by atoms with van der Waals surface area (Å²) in [6, 6.07) is 52.8. The maximum absolute atomic E-state index is 2.38. The highest BCUT2D eigenvalue weighted by molar-refractivity contribution is 7.36. The number of benzene rings is 6. The maximum Gasteiger partial charge on any atom is 0.0542 e. The third-order valence-corrected chi connectivity index (χ3v) is 10.2. The molecule has 0 aliphatic carbocycles. The van der Waals surface area contributed by atoms with E-state index in [1.54, 1.807) is 0 Å². The lowest BCUT2D eigenvalue weighted by atomic mass is 9.94. The first-order valence-electron chi connectivity index (χ1n) is 13.5. The van der Waals surface area contributed by atoms with Gasteiger partial charge in [0, 0.05) is 20.2 Å². The van der Waals surface area contributed by atoms with E-state index in [9.17, 15) is 0 Å². The van der Waals surface area contributed by atoms with Crippen LogP contribution in [-0.4, -0.2) is 0 Å². The van der Waals surface area contributed by atoms with Gasteiger partial charge in [0.25, 0.3) is 0 Å². The molecule has 6 aromatic carbocycles. The number of fused-ring (bicyclic) bond motifs is 5. The van der Waals surface area contributed by atoms with Crippen molar-refractivity contribution >= 4 is 52.2 Å². The molecule has 0 bridgehead atoms. The molecule has 8 rings (SSSR count). The molecular formula is C38H24S2. The van der Waals surface area contributed by atoms with Crippen molar-refractivity contribution in [1.82, 2.24) is 0 Å². The Balaban J connectivity index is 1.23. The van der Waals surface area contributed by atoms with Crippen molar-refractivity contribution in [3.8, 4) is 44.5 Å². The second-order valence-electron chi connectivity index (χ2n) is 10.1. The van der Waals surface area contributed by atoms with Crippen molar-refractivity contribution in [2.75, 3.05) is 0 Å². The SMILES string of the molecule is c1ccc(-c2ccccc2-c2ccc3c(c2)sc2c4ccc(-c5ccccc5-c5ccccc5)cc4sc32)cc1. The Morgan fingerprint density at radius 2 is 0.650 bits per heavy atom. The molecule has 0 nitrogen and oxygen atoms in total. The Kier molecular flexibility index (Phi) is 5.62. The summed E-state index contributed by atoms with van der Waals surface area (Å²) in [5, 5.41) is 2.71. The first-order valence-corrected chi connectivity index (χ1v) is 15.2. The third kappa shape index (κ3) is 3.88. The fourth-order valence-electron chi connectivity index (χ4n) is 5.80. The van der Waals surface area contributed by atoms with E-state index in [1.165, 1.54) is 74.1 Å². The van der Waals surface area contributed by atoms with Gasteiger partial charge >= 0.3 is 0 Å². The van der Waals surface area contributed by atoms with E-state index >= 15 is 0 Å². The molecule has 40 heavy (non-hydrogen) atoms. The predicted octanol–water partition coefficient (Wildman–Crippen LogP) is 11.9. The Morgan fingerprint density at radius 1 is 0.300 bits per heavy atom. The van der Waals surface area contributed by atoms with E-state index in [-0.39, 0.29) is 0 Å². The maximum atomic E-state index is 2.38. The molecule has 2 heterocycles. The van der Waals surface area contributed by atoms with Gasteiger partial charge in [-0.1, -0.05) is 133 Å². The lowest BCUT2D eigenvalue weighted by Gasteiger charge is -2.10. The zero-order valence-corrected chi connectivity index (χ0v) is 23.3. The summed E-state index contributed by atoms with van der Waals surface area (Å²) in [6.07, 6.45) is 0. The van der Waals surface area contributed by atoms with E-state index in [4.69, 9.17) is 0 Å². The van der Waals surface area contributed by atoms with Crippen LogP contribution >= 0.6 is 22.7 Å². The zero-order chi connectivity index (χ0) is 26.5. The van der Waals surface area contributed by atoms with Crippen molar-refractivity contribution in [2.45, 2.75) is 0 Å². The highest BCUT2D eigenvalue weighted by Crippen LogP contribution is 2.47. The fourth-order valence-corrected chi connectivity index (χ4v) is 8.53. The predicted molar refractivity (Wildman–Crippen MR) is 176 cm³/mol. The van der Waals surface area contributed by atoms with Crippen LogP contribution < -0.4 is 0 Å². The molecule has 8 aromatic rings. The van der Waals surface area contributed by atoms with Crippen LogP contribution in [0.1, 0.15) is 0 Å². The van der Waals surface area contributed by atoms with E-state index in [0.29, 0.717) is 0 Å². The second-order valence-corrected chi connectivity index (χ2v) is 12.2. The first kappa shape index (κ1) is 23.4. The topological polar surface area (TPSA) is 0 Å². The van der Waals surface area contributed by atoms with Crippen LogP contribution in [0.15, 0.2) is 146 Å². The van der Waals surface area contributed by atoms with Crippen LogP contribution in [0.2, 0.25) is 0 Å². The van der Waals surface area contributed by atoms with Crippen molar-refractivity contribution in [2.24, 2.45) is 0 Å². The Hall–Kier alpha value is -4.50. The van der Waals surface area contributed by atoms with Crippen LogP contribution in [0.25, 0.3) is 74.1 Å². The molecule has 0 atom stereocenters. The molecule has 0 fully saturated rings. The summed E-state index contributed by atoms with van der Waals surface area (Å²) >= 11 is 3.84. The molecule has 0 saturated heterocycles. The summed E-state index contributed by atoms with van der Waals surface area (Å²) in [5.74, 6) is 0. The van der Waals surface area contributed by atoms with Gasteiger partial charge < -0.3 is 0 Å². The van der Waals surface area contributed by atoms with Gasteiger partial charge in [0.05, 0.1) is 9.40 Å². The van der Waals surface area contributed by atoms with Crippen molar-refractivity contribution in [1.29, 1.82) is 0 Å². The summed E-state index contributed by atoms with van der Waals surface area (Å²) in [5.41, 5.74) is 10.1. The molecule has 0 spiro atoms. The van der Waals surface area contributed by atoms with Crippen molar-refractivity contribution in [3.05, 3.63) is 146 Å². The van der Waals surface area contributed by atoms with Gasteiger partial charge in [-0.2, -0.15) is 0 Å². The van der Waals surface area contributed by atoms with E-state index in [2.05, 4.69) is 146 Å². The van der Waals surface area contributed by atoms with Crippen molar-refractivity contribution in [3.63, 3.8) is 0 Å². The summed E-state index contributed by atoms with van der Waals surface area (Å²) in [6.45, 7) is 0. The lowest BCUT2D eigenvalue weighted by Crippen LogP contribution is -1.84. The van der Waals surface area contributed by atoms with Crippen LogP contribution in [0, 0.1) is 0 Å². The Morgan fingerprint density at radius 3 is 1.05 bits per heavy atom. The van der Waals surface area contributed by atoms with Gasteiger partial charge in [-0.15, -0.1) is 22.7 Å². The van der Waals surface area contributed by atoms with Gasteiger partial charge in [0.2, 0.25) is 0 Å². The van der Waals surface area contributed by atoms with Gasteiger partial charge in [0.15, 0.2) is 0 Å². The molecule has 0 unspecified atom stereocenters. The standard InChI is InChI=1S/C38H24S2/c1-3-11-25(12-4-1)29-15-7-9-17-31(29)27-19-21-33-35(23-27)39-38-34-22-20-28(24-36(34)40-37(33)38)32-18-10-8-16-30(32)26-13-5-2-6-14-26/h1-24H. The minimum atomic E-state index is 1.25. The van der Waals surface area contributed by atoms with Crippen LogP contribution in [0.4, 0.5) is 0 Å². The average Bonchev–Trinajstić information content (AvgIpc) is 3.57. The molecule has 0 N–H and O–H groups in total. The molecule has 188 valence electrons. The van der Waals surface area contributed by atoms with E-state index in [1.807, 2.05) is 22.7 Å². The monoisotopic (exact) mass is 544 g/mol. The highest BCUT2D eigenvalue weighted by atomic mass is 32.1. The van der Waals surface area contributed by atoms with Crippen LogP contribution in [0.5, 0.6) is 0 Å². The molecule has 0 aliphatic heterocycles.